The van der Waals surface area contributed by atoms with Crippen LogP contribution in [-0.4, -0.2) is 15.9 Å². The van der Waals surface area contributed by atoms with E-state index >= 15 is 0 Å². The summed E-state index contributed by atoms with van der Waals surface area (Å²) in [5, 5.41) is 14.0. The average Bonchev–Trinajstić information content (AvgIpc) is 3.20. The van der Waals surface area contributed by atoms with E-state index in [0.29, 0.717) is 23.6 Å². The van der Waals surface area contributed by atoms with Crippen LogP contribution in [0.1, 0.15) is 40.6 Å². The van der Waals surface area contributed by atoms with Gasteiger partial charge in [0.1, 0.15) is 24.0 Å². The maximum absolute atomic E-state index is 12.6. The van der Waals surface area contributed by atoms with E-state index in [9.17, 15) is 13.2 Å². The van der Waals surface area contributed by atoms with Gasteiger partial charge in [-0.1, -0.05) is 35.5 Å². The molecule has 0 atom stereocenters. The summed E-state index contributed by atoms with van der Waals surface area (Å²) in [6, 6.07) is 12.2. The minimum atomic E-state index is -4.35. The number of aryl methyl sites for hydroxylation is 1. The highest BCUT2D eigenvalue weighted by Crippen LogP contribution is 2.29. The van der Waals surface area contributed by atoms with Crippen molar-refractivity contribution in [3.05, 3.63) is 75.2 Å². The molecule has 158 valence electrons. The van der Waals surface area contributed by atoms with Gasteiger partial charge in [-0.25, -0.2) is 0 Å². The Morgan fingerprint density at radius 1 is 0.967 bits per heavy atom. The summed E-state index contributed by atoms with van der Waals surface area (Å²) in [5.74, 6) is 0.700. The Morgan fingerprint density at radius 2 is 1.63 bits per heavy atom. The highest BCUT2D eigenvalue weighted by Gasteiger charge is 2.29. The minimum Gasteiger partial charge on any atom is -0.486 e. The molecule has 2 aromatic carbocycles. The minimum absolute atomic E-state index is 0.0816. The molecule has 0 fully saturated rings. The zero-order valence-corrected chi connectivity index (χ0v) is 17.3. The number of benzene rings is 2. The van der Waals surface area contributed by atoms with E-state index in [4.69, 9.17) is 9.57 Å². The predicted molar refractivity (Wildman–Crippen MR) is 109 cm³/mol. The van der Waals surface area contributed by atoms with Crippen molar-refractivity contribution in [2.75, 3.05) is 0 Å². The van der Waals surface area contributed by atoms with Crippen molar-refractivity contribution in [1.82, 2.24) is 10.2 Å². The van der Waals surface area contributed by atoms with Crippen LogP contribution < -0.4 is 4.74 Å². The maximum atomic E-state index is 12.6. The number of nitrogens with zero attached hydrogens (tertiary/aromatic N) is 3. The molecular formula is C21H20F3N3O2S. The van der Waals surface area contributed by atoms with Gasteiger partial charge in [-0.3, -0.25) is 0 Å². The standard InChI is InChI=1S/C21H20F3N3O2S/c1-3-19-25-26-20(30-19)13-28-18-10-6-16(7-11-18)14(2)27-29-12-15-4-8-17(9-5-15)21(22,23)24/h4-11H,3,12-13H2,1-2H3. The number of aromatic nitrogens is 2. The highest BCUT2D eigenvalue weighted by molar-refractivity contribution is 7.11. The SMILES string of the molecule is CCc1nnc(COc2ccc(C(C)=NOCc3ccc(C(F)(F)F)cc3)cc2)s1. The Balaban J connectivity index is 1.50. The van der Waals surface area contributed by atoms with Crippen LogP contribution in [0.15, 0.2) is 53.7 Å². The van der Waals surface area contributed by atoms with Crippen LogP contribution >= 0.6 is 11.3 Å². The number of hydrogen-bond acceptors (Lipinski definition) is 6. The van der Waals surface area contributed by atoms with E-state index in [1.54, 1.807) is 6.92 Å². The zero-order valence-electron chi connectivity index (χ0n) is 16.4. The first-order valence-electron chi connectivity index (χ1n) is 9.22. The Labute approximate surface area is 176 Å². The molecule has 3 aromatic rings. The normalized spacial score (nSPS) is 12.1. The predicted octanol–water partition coefficient (Wildman–Crippen LogP) is 5.64. The summed E-state index contributed by atoms with van der Waals surface area (Å²) in [6.07, 6.45) is -3.49. The summed E-state index contributed by atoms with van der Waals surface area (Å²) in [4.78, 5) is 5.27. The van der Waals surface area contributed by atoms with Crippen molar-refractivity contribution in [2.45, 2.75) is 39.7 Å². The first-order valence-corrected chi connectivity index (χ1v) is 10.0. The lowest BCUT2D eigenvalue weighted by molar-refractivity contribution is -0.137. The molecule has 0 saturated heterocycles. The molecule has 1 heterocycles. The number of ether oxygens (including phenoxy) is 1. The van der Waals surface area contributed by atoms with E-state index in [1.165, 1.54) is 23.5 Å². The van der Waals surface area contributed by atoms with Crippen LogP contribution in [-0.2, 0) is 30.6 Å². The average molecular weight is 435 g/mol. The van der Waals surface area contributed by atoms with Crippen LogP contribution in [0.2, 0.25) is 0 Å². The molecule has 0 bridgehead atoms. The smallest absolute Gasteiger partial charge is 0.416 e. The van der Waals surface area contributed by atoms with Gasteiger partial charge in [0, 0.05) is 0 Å². The summed E-state index contributed by atoms with van der Waals surface area (Å²) in [6.45, 7) is 4.26. The summed E-state index contributed by atoms with van der Waals surface area (Å²) in [5.41, 5.74) is 1.40. The van der Waals surface area contributed by atoms with Gasteiger partial charge in [0.25, 0.3) is 0 Å². The molecule has 0 aliphatic heterocycles. The number of alkyl halides is 3. The molecule has 3 rings (SSSR count). The molecule has 0 aliphatic rings. The molecule has 1 aromatic heterocycles. The van der Waals surface area contributed by atoms with E-state index in [0.717, 1.165) is 34.1 Å². The van der Waals surface area contributed by atoms with E-state index in [-0.39, 0.29) is 6.61 Å². The second kappa shape index (κ2) is 9.71. The van der Waals surface area contributed by atoms with Crippen molar-refractivity contribution in [3.63, 3.8) is 0 Å². The Morgan fingerprint density at radius 3 is 2.23 bits per heavy atom. The van der Waals surface area contributed by atoms with Gasteiger partial charge in [0.2, 0.25) is 0 Å². The number of hydrogen-bond donors (Lipinski definition) is 0. The Bertz CT molecular complexity index is 984. The van der Waals surface area contributed by atoms with Crippen LogP contribution in [0.25, 0.3) is 0 Å². The topological polar surface area (TPSA) is 56.6 Å². The van der Waals surface area contributed by atoms with Gasteiger partial charge < -0.3 is 9.57 Å². The number of halogens is 3. The van der Waals surface area contributed by atoms with Crippen LogP contribution in [0.4, 0.5) is 13.2 Å². The van der Waals surface area contributed by atoms with E-state index in [2.05, 4.69) is 15.4 Å². The molecule has 5 nitrogen and oxygen atoms in total. The first kappa shape index (κ1) is 21.8. The summed E-state index contributed by atoms with van der Waals surface area (Å²) in [7, 11) is 0. The van der Waals surface area contributed by atoms with Gasteiger partial charge in [0.15, 0.2) is 5.01 Å². The summed E-state index contributed by atoms with van der Waals surface area (Å²) >= 11 is 1.53. The third kappa shape index (κ3) is 6.03. The monoisotopic (exact) mass is 435 g/mol. The second-order valence-corrected chi connectivity index (χ2v) is 7.55. The maximum Gasteiger partial charge on any atom is 0.416 e. The fourth-order valence-electron chi connectivity index (χ4n) is 2.47. The molecule has 30 heavy (non-hydrogen) atoms. The van der Waals surface area contributed by atoms with Gasteiger partial charge in [-0.15, -0.1) is 10.2 Å². The fourth-order valence-corrected chi connectivity index (χ4v) is 3.17. The molecule has 0 unspecified atom stereocenters. The Kier molecular flexibility index (Phi) is 7.04. The lowest BCUT2D eigenvalue weighted by atomic mass is 10.1. The molecular weight excluding hydrogens is 415 g/mol. The third-order valence-corrected chi connectivity index (χ3v) is 5.20. The van der Waals surface area contributed by atoms with Crippen molar-refractivity contribution in [2.24, 2.45) is 5.16 Å². The number of oxime groups is 1. The zero-order chi connectivity index (χ0) is 21.6. The van der Waals surface area contributed by atoms with Crippen LogP contribution in [0, 0.1) is 0 Å². The largest absolute Gasteiger partial charge is 0.486 e. The van der Waals surface area contributed by atoms with Crippen LogP contribution in [0.5, 0.6) is 5.75 Å². The van der Waals surface area contributed by atoms with Crippen molar-refractivity contribution >= 4 is 17.0 Å². The second-order valence-electron chi connectivity index (χ2n) is 6.40. The van der Waals surface area contributed by atoms with Gasteiger partial charge >= 0.3 is 6.18 Å². The fraction of sp³-hybridized carbons (Fsp3) is 0.286. The van der Waals surface area contributed by atoms with Gasteiger partial charge in [-0.2, -0.15) is 13.2 Å². The molecule has 0 radical (unpaired) electrons. The van der Waals surface area contributed by atoms with Crippen LogP contribution in [0.3, 0.4) is 0 Å². The third-order valence-electron chi connectivity index (χ3n) is 4.16. The van der Waals surface area contributed by atoms with E-state index < -0.39 is 11.7 Å². The Hall–Kier alpha value is -2.94. The molecule has 0 saturated carbocycles. The van der Waals surface area contributed by atoms with Crippen molar-refractivity contribution in [1.29, 1.82) is 0 Å². The van der Waals surface area contributed by atoms with Gasteiger partial charge in [-0.05, 0) is 60.9 Å². The quantitative estimate of drug-likeness (QED) is 0.339. The first-order chi connectivity index (χ1) is 14.3. The van der Waals surface area contributed by atoms with E-state index in [1.807, 2.05) is 31.2 Å². The van der Waals surface area contributed by atoms with Crippen molar-refractivity contribution in [3.8, 4) is 5.75 Å². The lowest BCUT2D eigenvalue weighted by Gasteiger charge is -2.08. The molecule has 0 amide bonds. The molecule has 0 aliphatic carbocycles. The molecule has 9 heteroatoms. The molecule has 0 spiro atoms. The molecule has 0 N–H and O–H groups in total. The highest BCUT2D eigenvalue weighted by atomic mass is 32.1. The number of rotatable bonds is 8. The van der Waals surface area contributed by atoms with Gasteiger partial charge in [0.05, 0.1) is 11.3 Å². The summed E-state index contributed by atoms with van der Waals surface area (Å²) < 4.78 is 43.4. The van der Waals surface area contributed by atoms with Crippen molar-refractivity contribution < 1.29 is 22.7 Å². The lowest BCUT2D eigenvalue weighted by Crippen LogP contribution is -2.04.